The molecule has 3 N–H and O–H groups in total. The Morgan fingerprint density at radius 1 is 1.14 bits per heavy atom. The summed E-state index contributed by atoms with van der Waals surface area (Å²) in [7, 11) is 1.75. The quantitative estimate of drug-likeness (QED) is 0.326. The van der Waals surface area contributed by atoms with Crippen molar-refractivity contribution in [1.29, 1.82) is 0 Å². The minimum Gasteiger partial charge on any atom is -0.493 e. The number of aliphatic imine (C=N–C) groups is 1. The van der Waals surface area contributed by atoms with Gasteiger partial charge in [0, 0.05) is 32.2 Å². The number of nitrogens with one attached hydrogen (secondary N) is 3. The van der Waals surface area contributed by atoms with Crippen LogP contribution in [0, 0.1) is 5.92 Å². The minimum absolute atomic E-state index is 0.0136. The lowest BCUT2D eigenvalue weighted by Crippen LogP contribution is -2.38. The first-order valence-corrected chi connectivity index (χ1v) is 10.6. The summed E-state index contributed by atoms with van der Waals surface area (Å²) in [5.41, 5.74) is 1.12. The van der Waals surface area contributed by atoms with E-state index in [2.05, 4.69) is 27.0 Å². The highest BCUT2D eigenvalue weighted by Crippen LogP contribution is 2.30. The zero-order valence-electron chi connectivity index (χ0n) is 16.2. The molecule has 0 unspecified atom stereocenters. The molecule has 150 valence electrons. The Morgan fingerprint density at radius 3 is 2.71 bits per heavy atom. The number of carbonyl (C=O) groups excluding carboxylic acids is 1. The van der Waals surface area contributed by atoms with Crippen molar-refractivity contribution in [3.8, 4) is 5.75 Å². The van der Waals surface area contributed by atoms with Gasteiger partial charge in [-0.25, -0.2) is 0 Å². The third kappa shape index (κ3) is 6.56. The standard InChI is InChI=1S/C21H28N4O2S/c1-22-21(24-12-5-11-23-20(26)19-8-4-13-28-19)25-14-17-6-2-3-7-18(17)27-15-16-9-10-16/h2-4,6-8,13,16H,5,9-12,14-15H2,1H3,(H,23,26)(H2,22,24,25). The molecular formula is C21H28N4O2S. The Balaban J connectivity index is 1.35. The van der Waals surface area contributed by atoms with Crippen LogP contribution in [0.1, 0.15) is 34.5 Å². The second-order valence-electron chi connectivity index (χ2n) is 6.80. The van der Waals surface area contributed by atoms with Crippen molar-refractivity contribution in [2.24, 2.45) is 10.9 Å². The van der Waals surface area contributed by atoms with E-state index in [9.17, 15) is 4.79 Å². The Hall–Kier alpha value is -2.54. The number of benzene rings is 1. The zero-order chi connectivity index (χ0) is 19.6. The minimum atomic E-state index is -0.0136. The van der Waals surface area contributed by atoms with Crippen molar-refractivity contribution in [2.75, 3.05) is 26.7 Å². The molecule has 1 heterocycles. The van der Waals surface area contributed by atoms with Crippen molar-refractivity contribution < 1.29 is 9.53 Å². The molecule has 1 aromatic carbocycles. The van der Waals surface area contributed by atoms with Crippen LogP contribution in [0.15, 0.2) is 46.8 Å². The molecule has 0 spiro atoms. The average Bonchev–Trinajstić information content (AvgIpc) is 3.39. The molecular weight excluding hydrogens is 372 g/mol. The van der Waals surface area contributed by atoms with Crippen LogP contribution in [-0.4, -0.2) is 38.6 Å². The smallest absolute Gasteiger partial charge is 0.261 e. The maximum atomic E-state index is 11.9. The van der Waals surface area contributed by atoms with Crippen molar-refractivity contribution in [1.82, 2.24) is 16.0 Å². The molecule has 2 aromatic rings. The predicted molar refractivity (Wildman–Crippen MR) is 114 cm³/mol. The number of ether oxygens (including phenoxy) is 1. The topological polar surface area (TPSA) is 74.8 Å². The highest BCUT2D eigenvalue weighted by atomic mass is 32.1. The number of rotatable bonds is 10. The van der Waals surface area contributed by atoms with E-state index in [1.807, 2.05) is 35.7 Å². The SMILES string of the molecule is CN=C(NCCCNC(=O)c1cccs1)NCc1ccccc1OCC1CC1. The third-order valence-corrected chi connectivity index (χ3v) is 5.36. The normalized spacial score (nSPS) is 13.8. The summed E-state index contributed by atoms with van der Waals surface area (Å²) in [6.45, 7) is 2.81. The van der Waals surface area contributed by atoms with Gasteiger partial charge in [-0.1, -0.05) is 24.3 Å². The molecule has 7 heteroatoms. The van der Waals surface area contributed by atoms with Crippen LogP contribution in [0.5, 0.6) is 5.75 Å². The molecule has 1 saturated carbocycles. The first-order chi connectivity index (χ1) is 13.8. The van der Waals surface area contributed by atoms with Gasteiger partial charge in [0.2, 0.25) is 0 Å². The van der Waals surface area contributed by atoms with Crippen molar-refractivity contribution in [3.05, 3.63) is 52.2 Å². The highest BCUT2D eigenvalue weighted by Gasteiger charge is 2.22. The summed E-state index contributed by atoms with van der Waals surface area (Å²) in [5.74, 6) is 2.39. The number of hydrogen-bond acceptors (Lipinski definition) is 4. The van der Waals surface area contributed by atoms with E-state index < -0.39 is 0 Å². The molecule has 0 aliphatic heterocycles. The lowest BCUT2D eigenvalue weighted by molar-refractivity contribution is 0.0957. The van der Waals surface area contributed by atoms with Crippen LogP contribution in [0.2, 0.25) is 0 Å². The molecule has 6 nitrogen and oxygen atoms in total. The van der Waals surface area contributed by atoms with Gasteiger partial charge in [0.05, 0.1) is 11.5 Å². The fourth-order valence-corrected chi connectivity index (χ4v) is 3.31. The van der Waals surface area contributed by atoms with Gasteiger partial charge in [-0.15, -0.1) is 11.3 Å². The summed E-state index contributed by atoms with van der Waals surface area (Å²) in [4.78, 5) is 16.9. The number of nitrogens with zero attached hydrogens (tertiary/aromatic N) is 1. The van der Waals surface area contributed by atoms with Crippen LogP contribution in [0.25, 0.3) is 0 Å². The van der Waals surface area contributed by atoms with Crippen LogP contribution in [0.3, 0.4) is 0 Å². The van der Waals surface area contributed by atoms with Gasteiger partial charge in [0.1, 0.15) is 5.75 Å². The molecule has 1 aromatic heterocycles. The van der Waals surface area contributed by atoms with Crippen molar-refractivity contribution >= 4 is 23.2 Å². The predicted octanol–water partition coefficient (Wildman–Crippen LogP) is 3.02. The number of thiophene rings is 1. The van der Waals surface area contributed by atoms with Crippen LogP contribution in [0.4, 0.5) is 0 Å². The second-order valence-corrected chi connectivity index (χ2v) is 7.75. The maximum Gasteiger partial charge on any atom is 0.261 e. The lowest BCUT2D eigenvalue weighted by atomic mass is 10.2. The highest BCUT2D eigenvalue weighted by molar-refractivity contribution is 7.12. The number of guanidine groups is 1. The number of hydrogen-bond donors (Lipinski definition) is 3. The van der Waals surface area contributed by atoms with E-state index in [0.717, 1.165) is 47.6 Å². The van der Waals surface area contributed by atoms with Crippen molar-refractivity contribution in [3.63, 3.8) is 0 Å². The van der Waals surface area contributed by atoms with Gasteiger partial charge in [0.25, 0.3) is 5.91 Å². The number of para-hydroxylation sites is 1. The zero-order valence-corrected chi connectivity index (χ0v) is 17.1. The van der Waals surface area contributed by atoms with Crippen LogP contribution < -0.4 is 20.7 Å². The Morgan fingerprint density at radius 2 is 1.96 bits per heavy atom. The van der Waals surface area contributed by atoms with Crippen molar-refractivity contribution in [2.45, 2.75) is 25.8 Å². The van der Waals surface area contributed by atoms with Crippen LogP contribution in [-0.2, 0) is 6.54 Å². The molecule has 1 amide bonds. The molecule has 0 saturated heterocycles. The summed E-state index contributed by atoms with van der Waals surface area (Å²) < 4.78 is 5.95. The first-order valence-electron chi connectivity index (χ1n) is 9.73. The van der Waals surface area contributed by atoms with E-state index >= 15 is 0 Å². The fraction of sp³-hybridized carbons (Fsp3) is 0.429. The van der Waals surface area contributed by atoms with E-state index in [-0.39, 0.29) is 5.91 Å². The monoisotopic (exact) mass is 400 g/mol. The van der Waals surface area contributed by atoms with Gasteiger partial charge in [-0.2, -0.15) is 0 Å². The molecule has 0 atom stereocenters. The van der Waals surface area contributed by atoms with E-state index in [1.165, 1.54) is 24.2 Å². The molecule has 1 aliphatic carbocycles. The third-order valence-electron chi connectivity index (χ3n) is 4.49. The molecule has 1 aliphatic rings. The average molecular weight is 401 g/mol. The molecule has 1 fully saturated rings. The fourth-order valence-electron chi connectivity index (χ4n) is 2.67. The van der Waals surface area contributed by atoms with Gasteiger partial charge < -0.3 is 20.7 Å². The lowest BCUT2D eigenvalue weighted by Gasteiger charge is -2.15. The summed E-state index contributed by atoms with van der Waals surface area (Å²) >= 11 is 1.45. The van der Waals surface area contributed by atoms with E-state index in [1.54, 1.807) is 7.05 Å². The summed E-state index contributed by atoms with van der Waals surface area (Å²) in [6.07, 6.45) is 3.38. The van der Waals surface area contributed by atoms with Crippen LogP contribution >= 0.6 is 11.3 Å². The Kier molecular flexibility index (Phi) is 7.72. The largest absolute Gasteiger partial charge is 0.493 e. The maximum absolute atomic E-state index is 11.9. The van der Waals surface area contributed by atoms with Gasteiger partial charge in [0.15, 0.2) is 5.96 Å². The molecule has 0 bridgehead atoms. The van der Waals surface area contributed by atoms with Gasteiger partial charge in [-0.3, -0.25) is 9.79 Å². The summed E-state index contributed by atoms with van der Waals surface area (Å²) in [6, 6.07) is 11.8. The van der Waals surface area contributed by atoms with Gasteiger partial charge in [-0.05, 0) is 42.7 Å². The second kappa shape index (κ2) is 10.7. The molecule has 0 radical (unpaired) electrons. The first kappa shape index (κ1) is 20.2. The van der Waals surface area contributed by atoms with E-state index in [4.69, 9.17) is 4.74 Å². The molecule has 28 heavy (non-hydrogen) atoms. The van der Waals surface area contributed by atoms with Gasteiger partial charge >= 0.3 is 0 Å². The number of amides is 1. The Bertz CT molecular complexity index is 772. The molecule has 3 rings (SSSR count). The Labute approximate surface area is 170 Å². The number of carbonyl (C=O) groups is 1. The summed E-state index contributed by atoms with van der Waals surface area (Å²) in [5, 5.41) is 11.4. The van der Waals surface area contributed by atoms with E-state index in [0.29, 0.717) is 13.1 Å².